The molecule has 0 saturated carbocycles. The lowest BCUT2D eigenvalue weighted by atomic mass is 10.0. The van der Waals surface area contributed by atoms with Crippen molar-refractivity contribution in [3.8, 4) is 6.07 Å². The van der Waals surface area contributed by atoms with Crippen LogP contribution in [0.25, 0.3) is 0 Å². The predicted octanol–water partition coefficient (Wildman–Crippen LogP) is 3.00. The quantitative estimate of drug-likeness (QED) is 0.618. The fourth-order valence-electron chi connectivity index (χ4n) is 1.18. The van der Waals surface area contributed by atoms with Crippen LogP contribution in [-0.2, 0) is 10.1 Å². The van der Waals surface area contributed by atoms with Gasteiger partial charge in [0.1, 0.15) is 6.07 Å². The number of carbonyl (C=O) groups excluding carboxylic acids is 1. The Hall–Kier alpha value is -0.860. The van der Waals surface area contributed by atoms with Gasteiger partial charge in [-0.1, -0.05) is 15.9 Å². The SMILES string of the molecule is COC(=O)c1ccc(Br)c(C#N)c1CBr. The zero-order valence-electron chi connectivity index (χ0n) is 7.88. The molecule has 0 bridgehead atoms. The molecule has 15 heavy (non-hydrogen) atoms. The van der Waals surface area contributed by atoms with E-state index in [0.29, 0.717) is 26.5 Å². The molecular weight excluding hydrogens is 326 g/mol. The number of esters is 1. The summed E-state index contributed by atoms with van der Waals surface area (Å²) in [4.78, 5) is 11.4. The number of ether oxygens (including phenoxy) is 1. The highest BCUT2D eigenvalue weighted by molar-refractivity contribution is 9.10. The van der Waals surface area contributed by atoms with E-state index in [2.05, 4.69) is 36.6 Å². The molecule has 0 saturated heterocycles. The summed E-state index contributed by atoms with van der Waals surface area (Å²) < 4.78 is 5.31. The number of benzene rings is 1. The number of hydrogen-bond acceptors (Lipinski definition) is 3. The van der Waals surface area contributed by atoms with Gasteiger partial charge in [0.2, 0.25) is 0 Å². The van der Waals surface area contributed by atoms with Gasteiger partial charge in [0.05, 0.1) is 18.2 Å². The molecule has 0 aliphatic rings. The minimum absolute atomic E-state index is 0.411. The van der Waals surface area contributed by atoms with Crippen molar-refractivity contribution in [3.05, 3.63) is 33.3 Å². The highest BCUT2D eigenvalue weighted by Crippen LogP contribution is 2.25. The molecule has 0 spiro atoms. The molecule has 0 unspecified atom stereocenters. The summed E-state index contributed by atoms with van der Waals surface area (Å²) in [6.07, 6.45) is 0. The number of carbonyl (C=O) groups is 1. The maximum absolute atomic E-state index is 11.4. The average Bonchev–Trinajstić information content (AvgIpc) is 2.27. The van der Waals surface area contributed by atoms with Gasteiger partial charge in [-0.3, -0.25) is 0 Å². The van der Waals surface area contributed by atoms with Gasteiger partial charge in [-0.15, -0.1) is 0 Å². The number of rotatable bonds is 2. The van der Waals surface area contributed by atoms with Gasteiger partial charge >= 0.3 is 5.97 Å². The molecule has 3 nitrogen and oxygen atoms in total. The molecule has 0 fully saturated rings. The second kappa shape index (κ2) is 5.29. The second-order valence-corrected chi connectivity index (χ2v) is 4.10. The Bertz CT molecular complexity index is 438. The summed E-state index contributed by atoms with van der Waals surface area (Å²) in [5.74, 6) is -0.437. The predicted molar refractivity (Wildman–Crippen MR) is 62.8 cm³/mol. The van der Waals surface area contributed by atoms with E-state index in [1.54, 1.807) is 12.1 Å². The first-order chi connectivity index (χ1) is 7.15. The molecule has 1 rings (SSSR count). The standard InChI is InChI=1S/C10H7Br2NO2/c1-15-10(14)6-2-3-9(12)8(5-13)7(6)4-11/h2-3H,4H2,1H3. The first kappa shape index (κ1) is 12.2. The number of alkyl halides is 1. The minimum Gasteiger partial charge on any atom is -0.465 e. The van der Waals surface area contributed by atoms with Gasteiger partial charge in [0.25, 0.3) is 0 Å². The van der Waals surface area contributed by atoms with E-state index in [9.17, 15) is 4.79 Å². The van der Waals surface area contributed by atoms with Gasteiger partial charge in [-0.25, -0.2) is 4.79 Å². The van der Waals surface area contributed by atoms with Gasteiger partial charge in [0, 0.05) is 9.80 Å². The van der Waals surface area contributed by atoms with E-state index in [-0.39, 0.29) is 0 Å². The smallest absolute Gasteiger partial charge is 0.338 e. The van der Waals surface area contributed by atoms with Crippen LogP contribution in [-0.4, -0.2) is 13.1 Å². The van der Waals surface area contributed by atoms with Crippen LogP contribution in [0.2, 0.25) is 0 Å². The lowest BCUT2D eigenvalue weighted by Crippen LogP contribution is -2.06. The van der Waals surface area contributed by atoms with Gasteiger partial charge < -0.3 is 4.74 Å². The molecule has 78 valence electrons. The van der Waals surface area contributed by atoms with Crippen molar-refractivity contribution in [1.82, 2.24) is 0 Å². The Balaban J connectivity index is 3.43. The maximum atomic E-state index is 11.4. The topological polar surface area (TPSA) is 50.1 Å². The Kier molecular flexibility index (Phi) is 4.30. The number of halogens is 2. The molecule has 1 aromatic rings. The second-order valence-electron chi connectivity index (χ2n) is 2.69. The summed E-state index contributed by atoms with van der Waals surface area (Å²) in [6, 6.07) is 5.35. The zero-order valence-corrected chi connectivity index (χ0v) is 11.1. The van der Waals surface area contributed by atoms with E-state index in [1.165, 1.54) is 7.11 Å². The molecule has 0 amide bonds. The monoisotopic (exact) mass is 331 g/mol. The van der Waals surface area contributed by atoms with Crippen molar-refractivity contribution in [2.45, 2.75) is 5.33 Å². The molecule has 0 heterocycles. The first-order valence-corrected chi connectivity index (χ1v) is 5.93. The summed E-state index contributed by atoms with van der Waals surface area (Å²) in [5, 5.41) is 9.39. The van der Waals surface area contributed by atoms with E-state index in [0.717, 1.165) is 0 Å². The van der Waals surface area contributed by atoms with Crippen molar-refractivity contribution >= 4 is 37.8 Å². The van der Waals surface area contributed by atoms with Crippen molar-refractivity contribution in [1.29, 1.82) is 5.26 Å². The van der Waals surface area contributed by atoms with Gasteiger partial charge in [0.15, 0.2) is 0 Å². The molecular formula is C10H7Br2NO2. The van der Waals surface area contributed by atoms with Crippen molar-refractivity contribution in [3.63, 3.8) is 0 Å². The molecule has 0 aliphatic carbocycles. The van der Waals surface area contributed by atoms with E-state index in [4.69, 9.17) is 5.26 Å². The fraction of sp³-hybridized carbons (Fsp3) is 0.200. The molecule has 0 radical (unpaired) electrons. The molecule has 1 aromatic carbocycles. The van der Waals surface area contributed by atoms with Crippen LogP contribution in [0.5, 0.6) is 0 Å². The third-order valence-electron chi connectivity index (χ3n) is 1.91. The van der Waals surface area contributed by atoms with E-state index >= 15 is 0 Å². The number of methoxy groups -OCH3 is 1. The molecule has 0 aliphatic heterocycles. The minimum atomic E-state index is -0.437. The Morgan fingerprint density at radius 1 is 1.60 bits per heavy atom. The average molecular weight is 333 g/mol. The van der Waals surface area contributed by atoms with E-state index < -0.39 is 5.97 Å². The third kappa shape index (κ3) is 2.39. The Morgan fingerprint density at radius 3 is 2.73 bits per heavy atom. The Labute approximate surface area is 104 Å². The van der Waals surface area contributed by atoms with Crippen LogP contribution in [0, 0.1) is 11.3 Å². The first-order valence-electron chi connectivity index (χ1n) is 4.01. The van der Waals surface area contributed by atoms with Crippen LogP contribution in [0.1, 0.15) is 21.5 Å². The number of hydrogen-bond donors (Lipinski definition) is 0. The lowest BCUT2D eigenvalue weighted by molar-refractivity contribution is 0.0600. The van der Waals surface area contributed by atoms with Crippen molar-refractivity contribution < 1.29 is 9.53 Å². The van der Waals surface area contributed by atoms with Crippen LogP contribution >= 0.6 is 31.9 Å². The molecule has 0 N–H and O–H groups in total. The molecule has 0 aromatic heterocycles. The zero-order chi connectivity index (χ0) is 11.4. The normalized spacial score (nSPS) is 9.47. The fourth-order valence-corrected chi connectivity index (χ4v) is 2.22. The summed E-state index contributed by atoms with van der Waals surface area (Å²) in [6.45, 7) is 0. The molecule has 5 heteroatoms. The number of nitriles is 1. The van der Waals surface area contributed by atoms with E-state index in [1.807, 2.05) is 6.07 Å². The number of nitrogens with zero attached hydrogens (tertiary/aromatic N) is 1. The largest absolute Gasteiger partial charge is 0.465 e. The maximum Gasteiger partial charge on any atom is 0.338 e. The van der Waals surface area contributed by atoms with Crippen LogP contribution in [0.15, 0.2) is 16.6 Å². The highest BCUT2D eigenvalue weighted by Gasteiger charge is 2.16. The summed E-state index contributed by atoms with van der Waals surface area (Å²) >= 11 is 6.51. The highest BCUT2D eigenvalue weighted by atomic mass is 79.9. The Morgan fingerprint density at radius 2 is 2.27 bits per heavy atom. The summed E-state index contributed by atoms with van der Waals surface area (Å²) in [7, 11) is 1.31. The van der Waals surface area contributed by atoms with Crippen LogP contribution in [0.3, 0.4) is 0 Å². The van der Waals surface area contributed by atoms with Gasteiger partial charge in [-0.2, -0.15) is 5.26 Å². The summed E-state index contributed by atoms with van der Waals surface area (Å²) in [5.41, 5.74) is 1.50. The van der Waals surface area contributed by atoms with Crippen molar-refractivity contribution in [2.24, 2.45) is 0 Å². The van der Waals surface area contributed by atoms with Crippen LogP contribution in [0.4, 0.5) is 0 Å². The lowest BCUT2D eigenvalue weighted by Gasteiger charge is -2.08. The molecule has 0 atom stereocenters. The van der Waals surface area contributed by atoms with Gasteiger partial charge in [-0.05, 0) is 33.6 Å². The van der Waals surface area contributed by atoms with Crippen LogP contribution < -0.4 is 0 Å². The van der Waals surface area contributed by atoms with Crippen molar-refractivity contribution in [2.75, 3.05) is 7.11 Å². The third-order valence-corrected chi connectivity index (χ3v) is 3.13.